The molecule has 4 rings (SSSR count). The van der Waals surface area contributed by atoms with Crippen molar-refractivity contribution in [2.75, 3.05) is 26.2 Å². The van der Waals surface area contributed by atoms with Crippen LogP contribution in [0.15, 0.2) is 36.8 Å². The molecule has 1 fully saturated rings. The number of aromatic hydroxyl groups is 1. The number of nitrogens with zero attached hydrogens (tertiary/aromatic N) is 5. The summed E-state index contributed by atoms with van der Waals surface area (Å²) in [4.78, 5) is 18.0. The highest BCUT2D eigenvalue weighted by molar-refractivity contribution is 5.85. The molecule has 2 N–H and O–H groups in total. The summed E-state index contributed by atoms with van der Waals surface area (Å²) in [6.07, 6.45) is 3.97. The van der Waals surface area contributed by atoms with Crippen LogP contribution in [0.25, 0.3) is 16.6 Å². The molecule has 0 radical (unpaired) electrons. The summed E-state index contributed by atoms with van der Waals surface area (Å²) in [7, 11) is 0. The zero-order valence-electron chi connectivity index (χ0n) is 14.3. The van der Waals surface area contributed by atoms with E-state index in [9.17, 15) is 15.2 Å². The molecule has 3 aromatic heterocycles. The Kier molecular flexibility index (Phi) is 4.32. The number of amides is 1. The van der Waals surface area contributed by atoms with Gasteiger partial charge in [-0.1, -0.05) is 0 Å². The summed E-state index contributed by atoms with van der Waals surface area (Å²) in [6, 6.07) is 6.93. The molecular formula is C18H16N6O3. The Morgan fingerprint density at radius 1 is 1.30 bits per heavy atom. The van der Waals surface area contributed by atoms with Gasteiger partial charge in [0.25, 0.3) is 0 Å². The van der Waals surface area contributed by atoms with Gasteiger partial charge in [-0.25, -0.2) is 14.3 Å². The lowest BCUT2D eigenvalue weighted by molar-refractivity contribution is 0.144. The fourth-order valence-electron chi connectivity index (χ4n) is 3.01. The van der Waals surface area contributed by atoms with Gasteiger partial charge in [0.2, 0.25) is 5.88 Å². The summed E-state index contributed by atoms with van der Waals surface area (Å²) < 4.78 is 6.76. The first-order chi connectivity index (χ1) is 13.2. The largest absolute Gasteiger partial charge is 0.506 e. The van der Waals surface area contributed by atoms with Crippen LogP contribution >= 0.6 is 0 Å². The van der Waals surface area contributed by atoms with Gasteiger partial charge < -0.3 is 20.1 Å². The Hall–Kier alpha value is -3.64. The first kappa shape index (κ1) is 16.8. The molecule has 0 unspecified atom stereocenters. The molecule has 0 bridgehead atoms. The third-order valence-electron chi connectivity index (χ3n) is 4.33. The molecule has 0 spiro atoms. The van der Waals surface area contributed by atoms with Crippen molar-refractivity contribution < 1.29 is 14.6 Å². The fourth-order valence-corrected chi connectivity index (χ4v) is 3.01. The third-order valence-corrected chi connectivity index (χ3v) is 4.33. The predicted molar refractivity (Wildman–Crippen MR) is 95.3 cm³/mol. The summed E-state index contributed by atoms with van der Waals surface area (Å²) in [6.45, 7) is 2.66. The lowest BCUT2D eigenvalue weighted by atomic mass is 10.1. The van der Waals surface area contributed by atoms with Crippen molar-refractivity contribution in [2.24, 2.45) is 0 Å². The molecular weight excluding hydrogens is 348 g/mol. The Morgan fingerprint density at radius 3 is 2.81 bits per heavy atom. The first-order valence-electron chi connectivity index (χ1n) is 8.40. The summed E-state index contributed by atoms with van der Waals surface area (Å²) in [5.41, 5.74) is 2.23. The Labute approximate surface area is 154 Å². The highest BCUT2D eigenvalue weighted by Gasteiger charge is 2.19. The van der Waals surface area contributed by atoms with Crippen molar-refractivity contribution in [1.82, 2.24) is 24.8 Å². The summed E-state index contributed by atoms with van der Waals surface area (Å²) >= 11 is 0. The van der Waals surface area contributed by atoms with E-state index in [-0.39, 0.29) is 11.6 Å². The van der Waals surface area contributed by atoms with Crippen molar-refractivity contribution in [1.29, 1.82) is 5.26 Å². The standard InChI is InChI=1S/C18H16N6O3/c19-8-13-10-22-24-11-14(25)7-15(17(13)24)12-1-2-16(21-9-12)27-18(26)23-5-3-20-4-6-23/h1-2,7,9-11,20,25H,3-6H2. The summed E-state index contributed by atoms with van der Waals surface area (Å²) in [5.74, 6) is 0.201. The molecule has 136 valence electrons. The number of ether oxygens (including phenoxy) is 1. The van der Waals surface area contributed by atoms with E-state index in [4.69, 9.17) is 4.74 Å². The Morgan fingerprint density at radius 2 is 2.11 bits per heavy atom. The topological polar surface area (TPSA) is 116 Å². The van der Waals surface area contributed by atoms with Gasteiger partial charge in [0.15, 0.2) is 0 Å². The van der Waals surface area contributed by atoms with E-state index in [1.165, 1.54) is 23.1 Å². The quantitative estimate of drug-likeness (QED) is 0.705. The van der Waals surface area contributed by atoms with Gasteiger partial charge >= 0.3 is 6.09 Å². The van der Waals surface area contributed by atoms with Crippen molar-refractivity contribution >= 4 is 11.6 Å². The average molecular weight is 364 g/mol. The van der Waals surface area contributed by atoms with Gasteiger partial charge in [-0.2, -0.15) is 10.4 Å². The zero-order chi connectivity index (χ0) is 18.8. The second kappa shape index (κ2) is 6.93. The van der Waals surface area contributed by atoms with Crippen LogP contribution < -0.4 is 10.1 Å². The monoisotopic (exact) mass is 364 g/mol. The average Bonchev–Trinajstić information content (AvgIpc) is 3.11. The van der Waals surface area contributed by atoms with Crippen LogP contribution in [-0.4, -0.2) is 56.9 Å². The van der Waals surface area contributed by atoms with Crippen molar-refractivity contribution in [2.45, 2.75) is 0 Å². The van der Waals surface area contributed by atoms with Crippen molar-refractivity contribution in [3.8, 4) is 28.8 Å². The van der Waals surface area contributed by atoms with E-state index >= 15 is 0 Å². The number of hydrogen-bond donors (Lipinski definition) is 2. The fraction of sp³-hybridized carbons (Fsp3) is 0.222. The highest BCUT2D eigenvalue weighted by atomic mass is 16.6. The number of aromatic nitrogens is 3. The first-order valence-corrected chi connectivity index (χ1v) is 8.40. The number of carbonyl (C=O) groups excluding carboxylic acids is 1. The molecule has 3 aromatic rings. The number of hydrogen-bond acceptors (Lipinski definition) is 7. The number of piperazine rings is 1. The van der Waals surface area contributed by atoms with Gasteiger partial charge in [-0.05, 0) is 12.1 Å². The summed E-state index contributed by atoms with van der Waals surface area (Å²) in [5, 5.41) is 26.5. The van der Waals surface area contributed by atoms with Crippen LogP contribution in [0.3, 0.4) is 0 Å². The molecule has 1 aliphatic rings. The van der Waals surface area contributed by atoms with Gasteiger partial charge in [-0.15, -0.1) is 0 Å². The van der Waals surface area contributed by atoms with Crippen LogP contribution in [0.2, 0.25) is 0 Å². The number of carbonyl (C=O) groups is 1. The van der Waals surface area contributed by atoms with Gasteiger partial charge in [0, 0.05) is 49.6 Å². The van der Waals surface area contributed by atoms with Crippen molar-refractivity contribution in [3.63, 3.8) is 0 Å². The minimum atomic E-state index is -0.431. The van der Waals surface area contributed by atoms with Crippen LogP contribution in [0.5, 0.6) is 11.6 Å². The zero-order valence-corrected chi connectivity index (χ0v) is 14.3. The molecule has 0 aliphatic carbocycles. The Balaban J connectivity index is 1.61. The molecule has 0 aromatic carbocycles. The van der Waals surface area contributed by atoms with E-state index in [1.807, 2.05) is 0 Å². The van der Waals surface area contributed by atoms with Crippen LogP contribution in [0, 0.1) is 11.3 Å². The van der Waals surface area contributed by atoms with Crippen LogP contribution in [0.4, 0.5) is 4.79 Å². The number of rotatable bonds is 2. The maximum atomic E-state index is 12.1. The van der Waals surface area contributed by atoms with E-state index in [0.717, 1.165) is 13.1 Å². The predicted octanol–water partition coefficient (Wildman–Crippen LogP) is 1.38. The molecule has 1 saturated heterocycles. The van der Waals surface area contributed by atoms with E-state index in [2.05, 4.69) is 21.5 Å². The van der Waals surface area contributed by atoms with E-state index in [1.54, 1.807) is 23.1 Å². The number of nitriles is 1. The second-order valence-corrected chi connectivity index (χ2v) is 6.07. The molecule has 1 aliphatic heterocycles. The van der Waals surface area contributed by atoms with E-state index in [0.29, 0.717) is 35.3 Å². The van der Waals surface area contributed by atoms with Gasteiger partial charge in [0.1, 0.15) is 11.8 Å². The lowest BCUT2D eigenvalue weighted by Gasteiger charge is -2.26. The van der Waals surface area contributed by atoms with Crippen LogP contribution in [-0.2, 0) is 0 Å². The molecule has 4 heterocycles. The maximum Gasteiger partial charge on any atom is 0.416 e. The van der Waals surface area contributed by atoms with Crippen molar-refractivity contribution in [3.05, 3.63) is 42.4 Å². The minimum Gasteiger partial charge on any atom is -0.506 e. The molecule has 27 heavy (non-hydrogen) atoms. The van der Waals surface area contributed by atoms with Gasteiger partial charge in [-0.3, -0.25) is 0 Å². The van der Waals surface area contributed by atoms with E-state index < -0.39 is 6.09 Å². The Bertz CT molecular complexity index is 1030. The molecule has 0 atom stereocenters. The SMILES string of the molecule is N#Cc1cnn2cc(O)cc(-c3ccc(OC(=O)N4CCNCC4)nc3)c12. The minimum absolute atomic E-state index is 0.0132. The number of nitrogens with one attached hydrogen (secondary N) is 1. The molecule has 9 nitrogen and oxygen atoms in total. The van der Waals surface area contributed by atoms with Crippen LogP contribution in [0.1, 0.15) is 5.56 Å². The number of pyridine rings is 2. The third kappa shape index (κ3) is 3.26. The number of fused-ring (bicyclic) bond motifs is 1. The smallest absolute Gasteiger partial charge is 0.416 e. The molecule has 9 heteroatoms. The normalized spacial score (nSPS) is 14.1. The molecule has 0 saturated carbocycles. The molecule has 1 amide bonds. The van der Waals surface area contributed by atoms with Gasteiger partial charge in [0.05, 0.1) is 23.5 Å². The second-order valence-electron chi connectivity index (χ2n) is 6.07. The lowest BCUT2D eigenvalue weighted by Crippen LogP contribution is -2.47. The highest BCUT2D eigenvalue weighted by Crippen LogP contribution is 2.30. The maximum absolute atomic E-state index is 12.1.